The number of aromatic hydroxyl groups is 1. The van der Waals surface area contributed by atoms with E-state index >= 15 is 0 Å². The van der Waals surface area contributed by atoms with Gasteiger partial charge in [-0.05, 0) is 48.9 Å². The summed E-state index contributed by atoms with van der Waals surface area (Å²) < 4.78 is 11.1. The molecule has 25 heavy (non-hydrogen) atoms. The van der Waals surface area contributed by atoms with Crippen molar-refractivity contribution in [2.75, 3.05) is 6.61 Å². The second-order valence-electron chi connectivity index (χ2n) is 5.67. The number of aliphatic carboxylic acids is 1. The van der Waals surface area contributed by atoms with E-state index in [9.17, 15) is 15.0 Å². The lowest BCUT2D eigenvalue weighted by molar-refractivity contribution is -0.155. The van der Waals surface area contributed by atoms with Crippen molar-refractivity contribution in [2.24, 2.45) is 0 Å². The van der Waals surface area contributed by atoms with Crippen LogP contribution in [-0.4, -0.2) is 28.4 Å². The molecule has 7 heteroatoms. The maximum absolute atomic E-state index is 11.6. The van der Waals surface area contributed by atoms with Crippen LogP contribution in [0.25, 0.3) is 0 Å². The summed E-state index contributed by atoms with van der Waals surface area (Å²) in [5.74, 6) is -0.676. The Morgan fingerprint density at radius 3 is 2.44 bits per heavy atom. The number of phenolic OH excluding ortho intramolecular Hbond substituents is 1. The predicted molar refractivity (Wildman–Crippen MR) is 95.5 cm³/mol. The van der Waals surface area contributed by atoms with Crippen molar-refractivity contribution in [1.82, 2.24) is 0 Å². The standard InChI is InChI=1S/C18H18Cl2O5/c1-18(17(22)23,25-15-6-4-14(21)5-7-15)8-9-24-11-12-2-3-13(19)10-16(12)20/h2-7,10,21H,8-9,11H2,1H3,(H,22,23). The summed E-state index contributed by atoms with van der Waals surface area (Å²) in [6.07, 6.45) is 0.133. The summed E-state index contributed by atoms with van der Waals surface area (Å²) in [7, 11) is 0. The first-order valence-corrected chi connectivity index (χ1v) is 8.29. The number of carbonyl (C=O) groups is 1. The molecule has 1 atom stereocenters. The molecule has 5 nitrogen and oxygen atoms in total. The summed E-state index contributed by atoms with van der Waals surface area (Å²) in [5.41, 5.74) is -0.691. The van der Waals surface area contributed by atoms with E-state index < -0.39 is 11.6 Å². The first kappa shape index (κ1) is 19.4. The fraction of sp³-hybridized carbons (Fsp3) is 0.278. The minimum Gasteiger partial charge on any atom is -0.508 e. The molecule has 0 saturated carbocycles. The summed E-state index contributed by atoms with van der Waals surface area (Å²) in [5, 5.41) is 19.8. The summed E-state index contributed by atoms with van der Waals surface area (Å²) in [6.45, 7) is 1.88. The Balaban J connectivity index is 1.92. The van der Waals surface area contributed by atoms with Gasteiger partial charge in [-0.25, -0.2) is 4.79 Å². The molecule has 0 saturated heterocycles. The van der Waals surface area contributed by atoms with Gasteiger partial charge in [-0.2, -0.15) is 0 Å². The smallest absolute Gasteiger partial charge is 0.347 e. The molecular weight excluding hydrogens is 367 g/mol. The molecule has 0 radical (unpaired) electrons. The van der Waals surface area contributed by atoms with Gasteiger partial charge in [-0.3, -0.25) is 0 Å². The van der Waals surface area contributed by atoms with E-state index in [0.29, 0.717) is 15.8 Å². The quantitative estimate of drug-likeness (QED) is 0.653. The number of halogens is 2. The lowest BCUT2D eigenvalue weighted by atomic mass is 10.0. The van der Waals surface area contributed by atoms with Crippen molar-refractivity contribution in [2.45, 2.75) is 25.6 Å². The van der Waals surface area contributed by atoms with Gasteiger partial charge in [-0.1, -0.05) is 29.3 Å². The van der Waals surface area contributed by atoms with E-state index in [1.54, 1.807) is 18.2 Å². The van der Waals surface area contributed by atoms with Crippen LogP contribution < -0.4 is 4.74 Å². The zero-order chi connectivity index (χ0) is 18.4. The molecule has 0 amide bonds. The first-order chi connectivity index (χ1) is 11.8. The topological polar surface area (TPSA) is 76.0 Å². The van der Waals surface area contributed by atoms with Crippen LogP contribution in [0.15, 0.2) is 42.5 Å². The Labute approximate surface area is 155 Å². The molecular formula is C18H18Cl2O5. The van der Waals surface area contributed by atoms with Crippen LogP contribution in [0.4, 0.5) is 0 Å². The molecule has 0 aliphatic rings. The van der Waals surface area contributed by atoms with E-state index in [1.165, 1.54) is 31.2 Å². The van der Waals surface area contributed by atoms with E-state index in [0.717, 1.165) is 5.56 Å². The van der Waals surface area contributed by atoms with Crippen molar-refractivity contribution in [1.29, 1.82) is 0 Å². The lowest BCUT2D eigenvalue weighted by Crippen LogP contribution is -2.42. The lowest BCUT2D eigenvalue weighted by Gasteiger charge is -2.26. The monoisotopic (exact) mass is 384 g/mol. The van der Waals surface area contributed by atoms with Gasteiger partial charge in [-0.15, -0.1) is 0 Å². The Morgan fingerprint density at radius 2 is 1.84 bits per heavy atom. The van der Waals surface area contributed by atoms with Crippen LogP contribution in [0.5, 0.6) is 11.5 Å². The largest absolute Gasteiger partial charge is 0.508 e. The van der Waals surface area contributed by atoms with Crippen LogP contribution in [0.3, 0.4) is 0 Å². The third-order valence-electron chi connectivity index (χ3n) is 3.63. The van der Waals surface area contributed by atoms with Gasteiger partial charge >= 0.3 is 5.97 Å². The second kappa shape index (κ2) is 8.43. The maximum atomic E-state index is 11.6. The van der Waals surface area contributed by atoms with Gasteiger partial charge < -0.3 is 19.7 Å². The SMILES string of the molecule is CC(CCOCc1ccc(Cl)cc1Cl)(Oc1ccc(O)cc1)C(=O)O. The molecule has 0 aliphatic heterocycles. The Hall–Kier alpha value is -1.95. The molecule has 0 aromatic heterocycles. The molecule has 134 valence electrons. The van der Waals surface area contributed by atoms with Crippen LogP contribution in [-0.2, 0) is 16.1 Å². The fourth-order valence-electron chi connectivity index (χ4n) is 2.06. The summed E-state index contributed by atoms with van der Waals surface area (Å²) in [6, 6.07) is 11.0. The number of rotatable bonds is 8. The Morgan fingerprint density at radius 1 is 1.16 bits per heavy atom. The highest BCUT2D eigenvalue weighted by Gasteiger charge is 2.35. The first-order valence-electron chi connectivity index (χ1n) is 7.53. The van der Waals surface area contributed by atoms with Crippen LogP contribution in [0, 0.1) is 0 Å². The molecule has 0 spiro atoms. The van der Waals surface area contributed by atoms with Gasteiger partial charge in [0.15, 0.2) is 0 Å². The normalized spacial score (nSPS) is 13.2. The van der Waals surface area contributed by atoms with E-state index in [4.69, 9.17) is 32.7 Å². The third-order valence-corrected chi connectivity index (χ3v) is 4.22. The molecule has 2 aromatic carbocycles. The third kappa shape index (κ3) is 5.53. The minimum atomic E-state index is -1.46. The molecule has 2 rings (SSSR count). The van der Waals surface area contributed by atoms with Gasteiger partial charge in [0.2, 0.25) is 5.60 Å². The highest BCUT2D eigenvalue weighted by Crippen LogP contribution is 2.25. The van der Waals surface area contributed by atoms with Gasteiger partial charge in [0, 0.05) is 16.5 Å². The average Bonchev–Trinajstić information content (AvgIpc) is 2.55. The molecule has 2 N–H and O–H groups in total. The molecule has 0 aliphatic carbocycles. The minimum absolute atomic E-state index is 0.0764. The van der Waals surface area contributed by atoms with E-state index in [1.807, 2.05) is 0 Å². The number of phenols is 1. The Kier molecular flexibility index (Phi) is 6.53. The number of ether oxygens (including phenoxy) is 2. The molecule has 1 unspecified atom stereocenters. The van der Waals surface area contributed by atoms with Crippen LogP contribution >= 0.6 is 23.2 Å². The Bertz CT molecular complexity index is 733. The average molecular weight is 385 g/mol. The fourth-order valence-corrected chi connectivity index (χ4v) is 2.53. The summed E-state index contributed by atoms with van der Waals surface area (Å²) in [4.78, 5) is 11.6. The van der Waals surface area contributed by atoms with Gasteiger partial charge in [0.05, 0.1) is 13.2 Å². The van der Waals surface area contributed by atoms with Gasteiger partial charge in [0.25, 0.3) is 0 Å². The molecule has 0 heterocycles. The zero-order valence-electron chi connectivity index (χ0n) is 13.5. The highest BCUT2D eigenvalue weighted by molar-refractivity contribution is 6.35. The van der Waals surface area contributed by atoms with Crippen molar-refractivity contribution >= 4 is 29.2 Å². The van der Waals surface area contributed by atoms with Crippen LogP contribution in [0.1, 0.15) is 18.9 Å². The highest BCUT2D eigenvalue weighted by atomic mass is 35.5. The van der Waals surface area contributed by atoms with E-state index in [2.05, 4.69) is 0 Å². The van der Waals surface area contributed by atoms with Crippen molar-refractivity contribution < 1.29 is 24.5 Å². The molecule has 2 aromatic rings. The second-order valence-corrected chi connectivity index (χ2v) is 6.51. The number of hydrogen-bond donors (Lipinski definition) is 2. The van der Waals surface area contributed by atoms with E-state index in [-0.39, 0.29) is 25.4 Å². The number of carboxylic acids is 1. The van der Waals surface area contributed by atoms with Crippen LogP contribution in [0.2, 0.25) is 10.0 Å². The maximum Gasteiger partial charge on any atom is 0.347 e. The van der Waals surface area contributed by atoms with Crippen molar-refractivity contribution in [3.05, 3.63) is 58.1 Å². The van der Waals surface area contributed by atoms with Crippen molar-refractivity contribution in [3.63, 3.8) is 0 Å². The molecule has 0 fully saturated rings. The predicted octanol–water partition coefficient (Wildman–Crippen LogP) is 4.53. The van der Waals surface area contributed by atoms with Gasteiger partial charge in [0.1, 0.15) is 11.5 Å². The van der Waals surface area contributed by atoms with Crippen molar-refractivity contribution in [3.8, 4) is 11.5 Å². The zero-order valence-corrected chi connectivity index (χ0v) is 15.0. The summed E-state index contributed by atoms with van der Waals surface area (Å²) >= 11 is 11.9. The number of hydrogen-bond acceptors (Lipinski definition) is 4. The number of benzene rings is 2. The molecule has 0 bridgehead atoms. The number of carboxylic acid groups (broad SMARTS) is 1.